The van der Waals surface area contributed by atoms with E-state index in [2.05, 4.69) is 32.9 Å². The summed E-state index contributed by atoms with van der Waals surface area (Å²) >= 11 is 3.68. The van der Waals surface area contributed by atoms with Crippen molar-refractivity contribution in [3.8, 4) is 0 Å². The molecule has 1 heterocycles. The predicted molar refractivity (Wildman–Crippen MR) is 73.5 cm³/mol. The Bertz CT molecular complexity index is 370. The summed E-state index contributed by atoms with van der Waals surface area (Å²) in [5.74, 6) is 0. The normalized spacial score (nSPS) is 23.8. The lowest BCUT2D eigenvalue weighted by molar-refractivity contribution is 0.167. The summed E-state index contributed by atoms with van der Waals surface area (Å²) in [5.41, 5.74) is 1.82. The quantitative estimate of drug-likeness (QED) is 0.765. The van der Waals surface area contributed by atoms with E-state index >= 15 is 0 Å². The Morgan fingerprint density at radius 3 is 2.65 bits per heavy atom. The smallest absolute Gasteiger partial charge is 0.0630 e. The van der Waals surface area contributed by atoms with Crippen LogP contribution in [0.2, 0.25) is 0 Å². The van der Waals surface area contributed by atoms with Gasteiger partial charge in [-0.25, -0.2) is 0 Å². The first-order valence-electron chi connectivity index (χ1n) is 6.91. The molecule has 2 saturated carbocycles. The topological polar surface area (TPSA) is 17.8 Å². The van der Waals surface area contributed by atoms with Crippen LogP contribution in [0.5, 0.6) is 0 Å². The van der Waals surface area contributed by atoms with E-state index in [9.17, 15) is 0 Å². The molecule has 0 aliphatic heterocycles. The lowest BCUT2D eigenvalue weighted by Gasteiger charge is -2.40. The summed E-state index contributed by atoms with van der Waals surface area (Å²) in [4.78, 5) is 0. The Morgan fingerprint density at radius 1 is 1.29 bits per heavy atom. The summed E-state index contributed by atoms with van der Waals surface area (Å²) < 4.78 is 2.23. The fraction of sp³-hybridized carbons (Fsp3) is 0.786. The van der Waals surface area contributed by atoms with E-state index in [4.69, 9.17) is 5.10 Å². The monoisotopic (exact) mass is 296 g/mol. The third-order valence-electron chi connectivity index (χ3n) is 4.62. The number of alkyl halides is 1. The zero-order chi connectivity index (χ0) is 11.7. The van der Waals surface area contributed by atoms with Gasteiger partial charge in [-0.15, -0.1) is 0 Å². The van der Waals surface area contributed by atoms with Crippen LogP contribution < -0.4 is 0 Å². The van der Waals surface area contributed by atoms with Crippen LogP contribution in [-0.2, 0) is 6.42 Å². The van der Waals surface area contributed by atoms with Crippen LogP contribution in [0.15, 0.2) is 12.3 Å². The van der Waals surface area contributed by atoms with Crippen molar-refractivity contribution in [3.05, 3.63) is 18.0 Å². The standard InChI is InChI=1S/C14H21BrN2/c15-11-14(7-3-8-14)10-12-6-9-17(16-12)13-4-1-2-5-13/h6,9,13H,1-5,7-8,10-11H2. The maximum absolute atomic E-state index is 4.80. The first-order valence-corrected chi connectivity index (χ1v) is 8.04. The van der Waals surface area contributed by atoms with Gasteiger partial charge in [0.15, 0.2) is 0 Å². The van der Waals surface area contributed by atoms with E-state index in [1.165, 1.54) is 50.6 Å². The third kappa shape index (κ3) is 2.31. The molecule has 3 rings (SSSR count). The average Bonchev–Trinajstić information content (AvgIpc) is 2.94. The van der Waals surface area contributed by atoms with E-state index in [1.807, 2.05) is 0 Å². The van der Waals surface area contributed by atoms with Crippen molar-refractivity contribution in [2.45, 2.75) is 57.4 Å². The summed E-state index contributed by atoms with van der Waals surface area (Å²) in [6.07, 6.45) is 12.9. The number of aromatic nitrogens is 2. The maximum Gasteiger partial charge on any atom is 0.0630 e. The lowest BCUT2D eigenvalue weighted by Crippen LogP contribution is -2.33. The molecular formula is C14H21BrN2. The van der Waals surface area contributed by atoms with E-state index in [1.54, 1.807) is 0 Å². The second-order valence-electron chi connectivity index (χ2n) is 5.89. The third-order valence-corrected chi connectivity index (χ3v) is 5.81. The summed E-state index contributed by atoms with van der Waals surface area (Å²) in [6.45, 7) is 0. The van der Waals surface area contributed by atoms with Crippen LogP contribution in [0.25, 0.3) is 0 Å². The molecule has 17 heavy (non-hydrogen) atoms. The Hall–Kier alpha value is -0.310. The molecule has 0 saturated heterocycles. The average molecular weight is 297 g/mol. The van der Waals surface area contributed by atoms with Gasteiger partial charge >= 0.3 is 0 Å². The van der Waals surface area contributed by atoms with Gasteiger partial charge in [-0.2, -0.15) is 5.10 Å². The van der Waals surface area contributed by atoms with Crippen molar-refractivity contribution in [1.82, 2.24) is 9.78 Å². The fourth-order valence-electron chi connectivity index (χ4n) is 3.26. The minimum atomic E-state index is 0.523. The zero-order valence-corrected chi connectivity index (χ0v) is 12.0. The van der Waals surface area contributed by atoms with Crippen LogP contribution in [-0.4, -0.2) is 15.1 Å². The summed E-state index contributed by atoms with van der Waals surface area (Å²) in [7, 11) is 0. The maximum atomic E-state index is 4.80. The van der Waals surface area contributed by atoms with E-state index < -0.39 is 0 Å². The molecule has 2 fully saturated rings. The molecule has 0 aromatic carbocycles. The van der Waals surface area contributed by atoms with Crippen LogP contribution in [0, 0.1) is 5.41 Å². The van der Waals surface area contributed by atoms with Gasteiger partial charge < -0.3 is 0 Å². The lowest BCUT2D eigenvalue weighted by atomic mass is 9.68. The zero-order valence-electron chi connectivity index (χ0n) is 10.4. The second kappa shape index (κ2) is 4.75. The predicted octanol–water partition coefficient (Wildman–Crippen LogP) is 4.11. The largest absolute Gasteiger partial charge is 0.269 e. The second-order valence-corrected chi connectivity index (χ2v) is 6.45. The number of hydrogen-bond donors (Lipinski definition) is 0. The Morgan fingerprint density at radius 2 is 2.06 bits per heavy atom. The van der Waals surface area contributed by atoms with Gasteiger partial charge in [-0.3, -0.25) is 4.68 Å². The van der Waals surface area contributed by atoms with Gasteiger partial charge in [0, 0.05) is 11.5 Å². The van der Waals surface area contributed by atoms with Crippen LogP contribution in [0.3, 0.4) is 0 Å². The van der Waals surface area contributed by atoms with Crippen molar-refractivity contribution in [3.63, 3.8) is 0 Å². The molecule has 2 aliphatic rings. The van der Waals surface area contributed by atoms with Crippen molar-refractivity contribution in [1.29, 1.82) is 0 Å². The highest BCUT2D eigenvalue weighted by Gasteiger charge is 2.36. The van der Waals surface area contributed by atoms with E-state index in [-0.39, 0.29) is 0 Å². The number of rotatable bonds is 4. The van der Waals surface area contributed by atoms with E-state index in [0.717, 1.165) is 11.8 Å². The van der Waals surface area contributed by atoms with Crippen molar-refractivity contribution < 1.29 is 0 Å². The van der Waals surface area contributed by atoms with Crippen molar-refractivity contribution >= 4 is 15.9 Å². The molecule has 3 heteroatoms. The van der Waals surface area contributed by atoms with Crippen molar-refractivity contribution in [2.75, 3.05) is 5.33 Å². The van der Waals surface area contributed by atoms with Gasteiger partial charge in [0.25, 0.3) is 0 Å². The highest BCUT2D eigenvalue weighted by atomic mass is 79.9. The molecule has 1 aromatic heterocycles. The molecule has 0 bridgehead atoms. The molecule has 0 spiro atoms. The minimum absolute atomic E-state index is 0.523. The Labute approximate surface area is 112 Å². The molecule has 0 amide bonds. The Balaban J connectivity index is 1.67. The number of hydrogen-bond acceptors (Lipinski definition) is 1. The first kappa shape index (κ1) is 11.8. The fourth-order valence-corrected chi connectivity index (χ4v) is 4.02. The molecule has 0 radical (unpaired) electrons. The van der Waals surface area contributed by atoms with E-state index in [0.29, 0.717) is 11.5 Å². The summed E-state index contributed by atoms with van der Waals surface area (Å²) in [6, 6.07) is 2.92. The van der Waals surface area contributed by atoms with Crippen LogP contribution in [0.1, 0.15) is 56.7 Å². The number of nitrogens with zero attached hydrogens (tertiary/aromatic N) is 2. The SMILES string of the molecule is BrCC1(Cc2ccn(C3CCCC3)n2)CCC1. The Kier molecular flexibility index (Phi) is 3.29. The van der Waals surface area contributed by atoms with Gasteiger partial charge in [0.1, 0.15) is 0 Å². The molecule has 0 N–H and O–H groups in total. The van der Waals surface area contributed by atoms with Gasteiger partial charge in [0.05, 0.1) is 11.7 Å². The first-order chi connectivity index (χ1) is 8.31. The number of halogens is 1. The van der Waals surface area contributed by atoms with Crippen LogP contribution >= 0.6 is 15.9 Å². The van der Waals surface area contributed by atoms with Crippen molar-refractivity contribution in [2.24, 2.45) is 5.41 Å². The van der Waals surface area contributed by atoms with Crippen LogP contribution in [0.4, 0.5) is 0 Å². The van der Waals surface area contributed by atoms with Gasteiger partial charge in [-0.05, 0) is 43.6 Å². The molecule has 1 aromatic rings. The minimum Gasteiger partial charge on any atom is -0.269 e. The molecular weight excluding hydrogens is 276 g/mol. The molecule has 0 atom stereocenters. The molecule has 2 nitrogen and oxygen atoms in total. The molecule has 94 valence electrons. The van der Waals surface area contributed by atoms with Gasteiger partial charge in [-0.1, -0.05) is 35.2 Å². The molecule has 2 aliphatic carbocycles. The summed E-state index contributed by atoms with van der Waals surface area (Å²) in [5, 5.41) is 5.94. The molecule has 0 unspecified atom stereocenters. The highest BCUT2D eigenvalue weighted by molar-refractivity contribution is 9.09. The van der Waals surface area contributed by atoms with Gasteiger partial charge in [0.2, 0.25) is 0 Å². The highest BCUT2D eigenvalue weighted by Crippen LogP contribution is 2.44.